The molecule has 6 nitrogen and oxygen atoms in total. The molecule has 2 heterocycles. The van der Waals surface area contributed by atoms with Crippen molar-refractivity contribution < 1.29 is 19.1 Å². The van der Waals surface area contributed by atoms with Gasteiger partial charge in [-0.15, -0.1) is 11.3 Å². The number of aromatic nitrogens is 1. The number of imide groups is 1. The molecule has 28 heavy (non-hydrogen) atoms. The predicted octanol–water partition coefficient (Wildman–Crippen LogP) is 3.48. The quantitative estimate of drug-likeness (QED) is 0.718. The van der Waals surface area contributed by atoms with E-state index in [1.54, 1.807) is 11.3 Å². The number of hydrogen-bond donors (Lipinski definition) is 0. The van der Waals surface area contributed by atoms with Gasteiger partial charge in [0.05, 0.1) is 20.6 Å². The highest BCUT2D eigenvalue weighted by molar-refractivity contribution is 7.18. The summed E-state index contributed by atoms with van der Waals surface area (Å²) in [6, 6.07) is 7.96. The summed E-state index contributed by atoms with van der Waals surface area (Å²) in [6.45, 7) is 0.0677. The van der Waals surface area contributed by atoms with Gasteiger partial charge in [0.15, 0.2) is 6.61 Å². The number of hydrogen-bond acceptors (Lipinski definition) is 6. The Labute approximate surface area is 167 Å². The molecular formula is C21H24N2O4S. The van der Waals surface area contributed by atoms with Crippen molar-refractivity contribution in [1.82, 2.24) is 9.88 Å². The zero-order valence-electron chi connectivity index (χ0n) is 15.8. The van der Waals surface area contributed by atoms with E-state index < -0.39 is 11.3 Å². The van der Waals surface area contributed by atoms with Crippen LogP contribution in [0.1, 0.15) is 50.0 Å². The van der Waals surface area contributed by atoms with E-state index in [9.17, 15) is 14.4 Å². The number of para-hydroxylation sites is 1. The van der Waals surface area contributed by atoms with Crippen LogP contribution in [0.25, 0.3) is 10.2 Å². The van der Waals surface area contributed by atoms with Crippen molar-refractivity contribution in [2.75, 3.05) is 13.2 Å². The van der Waals surface area contributed by atoms with E-state index in [1.807, 2.05) is 24.3 Å². The zero-order valence-corrected chi connectivity index (χ0v) is 16.6. The monoisotopic (exact) mass is 400 g/mol. The van der Waals surface area contributed by atoms with Gasteiger partial charge in [0, 0.05) is 19.4 Å². The summed E-state index contributed by atoms with van der Waals surface area (Å²) in [6.07, 6.45) is 6.16. The number of fused-ring (bicyclic) bond motifs is 1. The molecule has 1 aliphatic heterocycles. The summed E-state index contributed by atoms with van der Waals surface area (Å²) in [5, 5.41) is 0.932. The molecule has 2 aliphatic rings. The number of thiazole rings is 1. The van der Waals surface area contributed by atoms with Crippen molar-refractivity contribution in [2.24, 2.45) is 5.41 Å². The summed E-state index contributed by atoms with van der Waals surface area (Å²) in [5.41, 5.74) is 0.325. The molecule has 7 heteroatoms. The summed E-state index contributed by atoms with van der Waals surface area (Å²) < 4.78 is 6.56. The second-order valence-electron chi connectivity index (χ2n) is 7.71. The minimum atomic E-state index is -0.624. The van der Waals surface area contributed by atoms with Crippen LogP contribution in [0.5, 0.6) is 0 Å². The van der Waals surface area contributed by atoms with E-state index in [0.717, 1.165) is 47.3 Å². The van der Waals surface area contributed by atoms with E-state index in [2.05, 4.69) is 0 Å². The Morgan fingerprint density at radius 3 is 2.64 bits per heavy atom. The Morgan fingerprint density at radius 2 is 1.93 bits per heavy atom. The number of likely N-dealkylation sites (tertiary alicyclic amines) is 1. The average Bonchev–Trinajstić information content (AvgIpc) is 3.31. The maximum absolute atomic E-state index is 13.0. The lowest BCUT2D eigenvalue weighted by Gasteiger charge is -2.34. The predicted molar refractivity (Wildman–Crippen MR) is 106 cm³/mol. The molecule has 148 valence electrons. The maximum atomic E-state index is 13.0. The van der Waals surface area contributed by atoms with Gasteiger partial charge in [-0.2, -0.15) is 0 Å². The topological polar surface area (TPSA) is 76.6 Å². The van der Waals surface area contributed by atoms with E-state index in [1.165, 1.54) is 4.90 Å². The number of ether oxygens (including phenoxy) is 1. The Kier molecular flexibility index (Phi) is 5.44. The molecule has 4 rings (SSSR count). The van der Waals surface area contributed by atoms with E-state index in [0.29, 0.717) is 25.8 Å². The van der Waals surface area contributed by atoms with Crippen molar-refractivity contribution in [1.29, 1.82) is 0 Å². The smallest absolute Gasteiger partial charge is 0.313 e. The molecule has 1 aliphatic carbocycles. The lowest BCUT2D eigenvalue weighted by atomic mass is 9.72. The summed E-state index contributed by atoms with van der Waals surface area (Å²) in [4.78, 5) is 42.9. The first-order chi connectivity index (χ1) is 13.6. The zero-order chi connectivity index (χ0) is 19.6. The lowest BCUT2D eigenvalue weighted by molar-refractivity contribution is -0.164. The number of rotatable bonds is 5. The molecular weight excluding hydrogens is 376 g/mol. The van der Waals surface area contributed by atoms with Gasteiger partial charge in [-0.25, -0.2) is 4.98 Å². The molecule has 2 amide bonds. The van der Waals surface area contributed by atoms with Gasteiger partial charge in [-0.1, -0.05) is 31.4 Å². The first-order valence-corrected chi connectivity index (χ1v) is 10.7. The van der Waals surface area contributed by atoms with Crippen molar-refractivity contribution in [3.05, 3.63) is 29.3 Å². The highest BCUT2D eigenvalue weighted by Gasteiger charge is 2.42. The molecule has 0 spiro atoms. The third-order valence-electron chi connectivity index (χ3n) is 5.77. The summed E-state index contributed by atoms with van der Waals surface area (Å²) >= 11 is 1.61. The number of esters is 1. The normalized spacial score (nSPS) is 19.1. The van der Waals surface area contributed by atoms with Gasteiger partial charge in [0.25, 0.3) is 5.91 Å². The fraction of sp³-hybridized carbons (Fsp3) is 0.524. The summed E-state index contributed by atoms with van der Waals surface area (Å²) in [7, 11) is 0. The number of benzene rings is 1. The minimum absolute atomic E-state index is 0.178. The van der Waals surface area contributed by atoms with Gasteiger partial charge in [0.2, 0.25) is 5.91 Å². The Hall–Kier alpha value is -2.28. The number of carbonyl (C=O) groups excluding carboxylic acids is 3. The molecule has 1 aromatic heterocycles. The third kappa shape index (κ3) is 3.81. The first kappa shape index (κ1) is 19.1. The Bertz CT molecular complexity index is 868. The highest BCUT2D eigenvalue weighted by atomic mass is 32.1. The van der Waals surface area contributed by atoms with Crippen molar-refractivity contribution >= 4 is 39.3 Å². The largest absolute Gasteiger partial charge is 0.455 e. The van der Waals surface area contributed by atoms with Crippen molar-refractivity contribution in [2.45, 2.75) is 51.4 Å². The van der Waals surface area contributed by atoms with Crippen molar-refractivity contribution in [3.63, 3.8) is 0 Å². The highest BCUT2D eigenvalue weighted by Crippen LogP contribution is 2.41. The molecule has 1 saturated heterocycles. The number of carbonyl (C=O) groups is 3. The maximum Gasteiger partial charge on any atom is 0.313 e. The molecule has 2 aromatic rings. The molecule has 0 unspecified atom stereocenters. The van der Waals surface area contributed by atoms with Gasteiger partial charge in [-0.3, -0.25) is 19.3 Å². The van der Waals surface area contributed by atoms with Crippen LogP contribution in [-0.4, -0.2) is 40.8 Å². The molecule has 0 radical (unpaired) electrons. The van der Waals surface area contributed by atoms with Crippen LogP contribution in [0.4, 0.5) is 0 Å². The molecule has 1 aromatic carbocycles. The first-order valence-electron chi connectivity index (χ1n) is 9.92. The van der Waals surface area contributed by atoms with Crippen LogP contribution in [-0.2, 0) is 25.5 Å². The Balaban J connectivity index is 1.47. The molecule has 0 bridgehead atoms. The van der Waals surface area contributed by atoms with E-state index >= 15 is 0 Å². The van der Waals surface area contributed by atoms with Crippen LogP contribution in [0.3, 0.4) is 0 Å². The SMILES string of the molecule is O=C1CCCN1C(=O)COC(=O)C1(Cc2nc3ccccc3s2)CCCCC1. The van der Waals surface area contributed by atoms with Crippen LogP contribution >= 0.6 is 11.3 Å². The number of amides is 2. The molecule has 1 saturated carbocycles. The van der Waals surface area contributed by atoms with Crippen LogP contribution in [0, 0.1) is 5.41 Å². The van der Waals surface area contributed by atoms with Crippen molar-refractivity contribution in [3.8, 4) is 0 Å². The van der Waals surface area contributed by atoms with Gasteiger partial charge in [-0.05, 0) is 31.4 Å². The standard InChI is InChI=1S/C21H24N2O4S/c24-18-9-6-12-23(18)19(25)14-27-20(26)21(10-4-1-5-11-21)13-17-22-15-7-2-3-8-16(15)28-17/h2-3,7-8H,1,4-6,9-14H2. The second-order valence-corrected chi connectivity index (χ2v) is 8.83. The van der Waals surface area contributed by atoms with Gasteiger partial charge in [0.1, 0.15) is 0 Å². The van der Waals surface area contributed by atoms with E-state index in [-0.39, 0.29) is 18.5 Å². The van der Waals surface area contributed by atoms with Crippen LogP contribution in [0.15, 0.2) is 24.3 Å². The van der Waals surface area contributed by atoms with Gasteiger partial charge < -0.3 is 4.74 Å². The number of nitrogens with zero attached hydrogens (tertiary/aromatic N) is 2. The molecule has 2 fully saturated rings. The van der Waals surface area contributed by atoms with Gasteiger partial charge >= 0.3 is 5.97 Å². The Morgan fingerprint density at radius 1 is 1.14 bits per heavy atom. The van der Waals surface area contributed by atoms with Crippen LogP contribution in [0.2, 0.25) is 0 Å². The molecule has 0 atom stereocenters. The minimum Gasteiger partial charge on any atom is -0.455 e. The van der Waals surface area contributed by atoms with Crippen LogP contribution < -0.4 is 0 Å². The fourth-order valence-corrected chi connectivity index (χ4v) is 5.35. The fourth-order valence-electron chi connectivity index (χ4n) is 4.24. The van der Waals surface area contributed by atoms with E-state index in [4.69, 9.17) is 9.72 Å². The molecule has 0 N–H and O–H groups in total. The third-order valence-corrected chi connectivity index (χ3v) is 6.81. The average molecular weight is 401 g/mol. The lowest BCUT2D eigenvalue weighted by Crippen LogP contribution is -2.40. The summed E-state index contributed by atoms with van der Waals surface area (Å²) in [5.74, 6) is -0.920. The second kappa shape index (κ2) is 7.99.